The van der Waals surface area contributed by atoms with Gasteiger partial charge in [-0.25, -0.2) is 0 Å². The molecule has 19 heavy (non-hydrogen) atoms. The van der Waals surface area contributed by atoms with E-state index in [0.717, 1.165) is 4.90 Å². The lowest BCUT2D eigenvalue weighted by atomic mass is 10.0. The number of imide groups is 1. The molecule has 2 aliphatic heterocycles. The van der Waals surface area contributed by atoms with E-state index in [1.54, 1.807) is 24.3 Å². The van der Waals surface area contributed by atoms with Gasteiger partial charge in [0, 0.05) is 12.5 Å². The van der Waals surface area contributed by atoms with E-state index >= 15 is 0 Å². The minimum Gasteiger partial charge on any atom is -0.381 e. The first-order chi connectivity index (χ1) is 9.18. The second kappa shape index (κ2) is 4.59. The Morgan fingerprint density at radius 2 is 1.84 bits per heavy atom. The Balaban J connectivity index is 1.78. The number of nitrogens with zero attached hydrogens (tertiary/aromatic N) is 1. The van der Waals surface area contributed by atoms with Crippen molar-refractivity contribution in [1.29, 1.82) is 0 Å². The van der Waals surface area contributed by atoms with Gasteiger partial charge in [-0.1, -0.05) is 12.1 Å². The summed E-state index contributed by atoms with van der Waals surface area (Å²) in [6, 6.07) is 6.64. The number of hydrogen-bond donors (Lipinski definition) is 0. The molecule has 98 valence electrons. The fourth-order valence-corrected chi connectivity index (χ4v) is 2.46. The van der Waals surface area contributed by atoms with E-state index in [4.69, 9.17) is 4.74 Å². The Bertz CT molecular complexity index is 525. The summed E-state index contributed by atoms with van der Waals surface area (Å²) in [5, 5.41) is 0. The minimum atomic E-state index is -0.382. The van der Waals surface area contributed by atoms with Crippen LogP contribution in [-0.4, -0.2) is 42.3 Å². The number of carbonyl (C=O) groups excluding carboxylic acids is 3. The van der Waals surface area contributed by atoms with Gasteiger partial charge in [0.05, 0.1) is 24.3 Å². The molecule has 2 aliphatic rings. The summed E-state index contributed by atoms with van der Waals surface area (Å²) in [6.45, 7) is 0.806. The van der Waals surface area contributed by atoms with Gasteiger partial charge >= 0.3 is 0 Å². The van der Waals surface area contributed by atoms with E-state index in [9.17, 15) is 14.4 Å². The number of benzene rings is 1. The topological polar surface area (TPSA) is 63.7 Å². The molecule has 0 saturated carbocycles. The van der Waals surface area contributed by atoms with Gasteiger partial charge < -0.3 is 4.74 Å². The predicted octanol–water partition coefficient (Wildman–Crippen LogP) is 0.888. The summed E-state index contributed by atoms with van der Waals surface area (Å²) in [6.07, 6.45) is 0.669. The maximum absolute atomic E-state index is 12.1. The molecule has 5 heteroatoms. The van der Waals surface area contributed by atoms with Crippen molar-refractivity contribution < 1.29 is 19.1 Å². The Labute approximate surface area is 110 Å². The lowest BCUT2D eigenvalue weighted by Gasteiger charge is -2.14. The standard InChI is InChI=1S/C14H13NO4/c16-12(9-5-6-19-8-9)7-15-13(17)10-3-1-2-4-11(10)14(15)18/h1-4,9H,5-8H2. The summed E-state index contributed by atoms with van der Waals surface area (Å²) in [5.74, 6) is -1.06. The molecule has 3 rings (SSSR count). The molecule has 1 aromatic carbocycles. The van der Waals surface area contributed by atoms with Crippen molar-refractivity contribution in [1.82, 2.24) is 4.90 Å². The van der Waals surface area contributed by atoms with E-state index in [0.29, 0.717) is 30.8 Å². The quantitative estimate of drug-likeness (QED) is 0.756. The van der Waals surface area contributed by atoms with Crippen LogP contribution in [0.3, 0.4) is 0 Å². The SMILES string of the molecule is O=C(CN1C(=O)c2ccccc2C1=O)C1CCOC1. The number of carbonyl (C=O) groups is 3. The highest BCUT2D eigenvalue weighted by Gasteiger charge is 2.37. The molecule has 2 heterocycles. The van der Waals surface area contributed by atoms with E-state index in [1.807, 2.05) is 0 Å². The molecule has 0 spiro atoms. The van der Waals surface area contributed by atoms with Crippen LogP contribution in [0.5, 0.6) is 0 Å². The van der Waals surface area contributed by atoms with Crippen LogP contribution in [0.1, 0.15) is 27.1 Å². The van der Waals surface area contributed by atoms with E-state index in [1.165, 1.54) is 0 Å². The van der Waals surface area contributed by atoms with Crippen LogP contribution >= 0.6 is 0 Å². The monoisotopic (exact) mass is 259 g/mol. The summed E-state index contributed by atoms with van der Waals surface area (Å²) in [5.41, 5.74) is 0.756. The van der Waals surface area contributed by atoms with Crippen molar-refractivity contribution >= 4 is 17.6 Å². The molecule has 0 aromatic heterocycles. The number of ether oxygens (including phenoxy) is 1. The number of hydrogen-bond acceptors (Lipinski definition) is 4. The van der Waals surface area contributed by atoms with E-state index in [-0.39, 0.29) is 30.1 Å². The summed E-state index contributed by atoms with van der Waals surface area (Å²) in [7, 11) is 0. The Morgan fingerprint density at radius 3 is 2.37 bits per heavy atom. The lowest BCUT2D eigenvalue weighted by Crippen LogP contribution is -2.37. The molecule has 0 bridgehead atoms. The summed E-state index contributed by atoms with van der Waals surface area (Å²) >= 11 is 0. The Hall–Kier alpha value is -2.01. The van der Waals surface area contributed by atoms with Crippen molar-refractivity contribution in [3.05, 3.63) is 35.4 Å². The fourth-order valence-electron chi connectivity index (χ4n) is 2.46. The van der Waals surface area contributed by atoms with Gasteiger partial charge in [0.15, 0.2) is 5.78 Å². The van der Waals surface area contributed by atoms with Crippen LogP contribution in [0.4, 0.5) is 0 Å². The third-order valence-electron chi connectivity index (χ3n) is 3.58. The van der Waals surface area contributed by atoms with Crippen molar-refractivity contribution in [2.24, 2.45) is 5.92 Å². The molecule has 1 aromatic rings. The molecule has 2 amide bonds. The zero-order valence-corrected chi connectivity index (χ0v) is 10.3. The second-order valence-electron chi connectivity index (χ2n) is 4.77. The van der Waals surface area contributed by atoms with Crippen molar-refractivity contribution in [2.45, 2.75) is 6.42 Å². The number of Topliss-reactive ketones (excluding diaryl/α,β-unsaturated/α-hetero) is 1. The van der Waals surface area contributed by atoms with Crippen molar-refractivity contribution in [2.75, 3.05) is 19.8 Å². The van der Waals surface area contributed by atoms with Crippen LogP contribution in [0.15, 0.2) is 24.3 Å². The fraction of sp³-hybridized carbons (Fsp3) is 0.357. The van der Waals surface area contributed by atoms with Gasteiger partial charge in [-0.05, 0) is 18.6 Å². The zero-order valence-electron chi connectivity index (χ0n) is 10.3. The second-order valence-corrected chi connectivity index (χ2v) is 4.77. The smallest absolute Gasteiger partial charge is 0.261 e. The zero-order chi connectivity index (χ0) is 13.4. The van der Waals surface area contributed by atoms with Gasteiger partial charge in [-0.2, -0.15) is 0 Å². The number of ketones is 1. The largest absolute Gasteiger partial charge is 0.381 e. The molecule has 1 saturated heterocycles. The lowest BCUT2D eigenvalue weighted by molar-refractivity contribution is -0.123. The highest BCUT2D eigenvalue weighted by Crippen LogP contribution is 2.23. The minimum absolute atomic E-state index is 0.105. The maximum Gasteiger partial charge on any atom is 0.261 e. The van der Waals surface area contributed by atoms with Crippen LogP contribution in [0, 0.1) is 5.92 Å². The van der Waals surface area contributed by atoms with Gasteiger partial charge in [-0.15, -0.1) is 0 Å². The highest BCUT2D eigenvalue weighted by atomic mass is 16.5. The average molecular weight is 259 g/mol. The molecule has 0 N–H and O–H groups in total. The number of rotatable bonds is 3. The van der Waals surface area contributed by atoms with Crippen molar-refractivity contribution in [3.8, 4) is 0 Å². The number of amides is 2. The van der Waals surface area contributed by atoms with Gasteiger partial charge in [0.25, 0.3) is 11.8 Å². The molecule has 1 fully saturated rings. The highest BCUT2D eigenvalue weighted by molar-refractivity contribution is 6.22. The maximum atomic E-state index is 12.1. The molecular weight excluding hydrogens is 246 g/mol. The Kier molecular flexibility index (Phi) is 2.91. The molecule has 1 atom stereocenters. The molecule has 0 aliphatic carbocycles. The predicted molar refractivity (Wildman–Crippen MR) is 65.7 cm³/mol. The first kappa shape index (κ1) is 12.0. The van der Waals surface area contributed by atoms with Crippen LogP contribution in [0.25, 0.3) is 0 Å². The summed E-state index contributed by atoms with van der Waals surface area (Å²) in [4.78, 5) is 37.2. The van der Waals surface area contributed by atoms with Crippen LogP contribution < -0.4 is 0 Å². The van der Waals surface area contributed by atoms with E-state index in [2.05, 4.69) is 0 Å². The normalized spacial score (nSPS) is 21.9. The first-order valence-corrected chi connectivity index (χ1v) is 6.24. The third-order valence-corrected chi connectivity index (χ3v) is 3.58. The third kappa shape index (κ3) is 1.96. The first-order valence-electron chi connectivity index (χ1n) is 6.24. The van der Waals surface area contributed by atoms with Crippen molar-refractivity contribution in [3.63, 3.8) is 0 Å². The van der Waals surface area contributed by atoms with Gasteiger partial charge in [0.2, 0.25) is 0 Å². The average Bonchev–Trinajstić information content (AvgIpc) is 3.03. The van der Waals surface area contributed by atoms with Crippen LogP contribution in [-0.2, 0) is 9.53 Å². The van der Waals surface area contributed by atoms with Gasteiger partial charge in [-0.3, -0.25) is 19.3 Å². The molecular formula is C14H13NO4. The Morgan fingerprint density at radius 1 is 1.21 bits per heavy atom. The van der Waals surface area contributed by atoms with Gasteiger partial charge in [0.1, 0.15) is 0 Å². The number of fused-ring (bicyclic) bond motifs is 1. The van der Waals surface area contributed by atoms with E-state index < -0.39 is 0 Å². The molecule has 1 unspecified atom stereocenters. The summed E-state index contributed by atoms with van der Waals surface area (Å²) < 4.78 is 5.15. The molecule has 5 nitrogen and oxygen atoms in total. The molecule has 0 radical (unpaired) electrons. The van der Waals surface area contributed by atoms with Crippen LogP contribution in [0.2, 0.25) is 0 Å².